The van der Waals surface area contributed by atoms with Crippen molar-refractivity contribution in [1.29, 1.82) is 0 Å². The van der Waals surface area contributed by atoms with Crippen molar-refractivity contribution in [1.82, 2.24) is 8.96 Å². The molecule has 0 aliphatic rings. The molecule has 2 heterocycles. The van der Waals surface area contributed by atoms with E-state index in [9.17, 15) is 3.89 Å². The molecule has 0 bridgehead atoms. The van der Waals surface area contributed by atoms with Crippen molar-refractivity contribution in [2.45, 2.75) is 0 Å². The van der Waals surface area contributed by atoms with Crippen LogP contribution in [0, 0.1) is 0 Å². The maximum absolute atomic E-state index is 12.2. The van der Waals surface area contributed by atoms with E-state index < -0.39 is 0 Å². The average Bonchev–Trinajstić information content (AvgIpc) is 2.46. The number of nitrogens with zero attached hydrogens (tertiary/aromatic N) is 2. The van der Waals surface area contributed by atoms with Gasteiger partial charge < -0.3 is 0 Å². The van der Waals surface area contributed by atoms with Crippen LogP contribution in [0.1, 0.15) is 0 Å². The fraction of sp³-hybridized carbons (Fsp3) is 0. The van der Waals surface area contributed by atoms with Crippen molar-refractivity contribution < 1.29 is 3.89 Å². The third kappa shape index (κ3) is 1.17. The van der Waals surface area contributed by atoms with Crippen LogP contribution >= 0.6 is 23.9 Å². The molecule has 12 heavy (non-hydrogen) atoms. The molecule has 0 unspecified atom stereocenters. The van der Waals surface area contributed by atoms with Gasteiger partial charge in [0.15, 0.2) is 18.0 Å². The first-order valence-electron chi connectivity index (χ1n) is 3.24. The van der Waals surface area contributed by atoms with Gasteiger partial charge in [-0.1, -0.05) is 11.6 Å². The van der Waals surface area contributed by atoms with Gasteiger partial charge in [0.25, 0.3) is 0 Å². The van der Waals surface area contributed by atoms with Crippen LogP contribution in [-0.4, -0.2) is 8.96 Å². The van der Waals surface area contributed by atoms with Crippen molar-refractivity contribution in [2.24, 2.45) is 0 Å². The van der Waals surface area contributed by atoms with Gasteiger partial charge in [0.2, 0.25) is 0 Å². The smallest absolute Gasteiger partial charge is 0.171 e. The zero-order valence-electron chi connectivity index (χ0n) is 5.87. The second kappa shape index (κ2) is 2.95. The van der Waals surface area contributed by atoms with Crippen LogP contribution in [-0.2, 0) is 0 Å². The topological polar surface area (TPSA) is 17.8 Å². The summed E-state index contributed by atoms with van der Waals surface area (Å²) in [5, 5.41) is 1.25. The van der Waals surface area contributed by atoms with Crippen molar-refractivity contribution >= 4 is 35.0 Å². The Morgan fingerprint density at radius 2 is 2.25 bits per heavy atom. The molecule has 0 saturated heterocycles. The standard InChI is InChI=1S/C7H4ClFN2S/c8-6-2-1-5-3-4-11(12-9)7(5)10-6/h1-4H. The summed E-state index contributed by atoms with van der Waals surface area (Å²) in [4.78, 5) is 3.97. The molecule has 2 aromatic heterocycles. The Labute approximate surface area is 77.8 Å². The minimum atomic E-state index is 0.109. The van der Waals surface area contributed by atoms with E-state index in [0.29, 0.717) is 10.8 Å². The zero-order chi connectivity index (χ0) is 8.55. The second-order valence-corrected chi connectivity index (χ2v) is 3.18. The van der Waals surface area contributed by atoms with Crippen LogP contribution in [0.4, 0.5) is 3.89 Å². The Morgan fingerprint density at radius 3 is 3.00 bits per heavy atom. The molecule has 0 N–H and O–H groups in total. The van der Waals surface area contributed by atoms with Gasteiger partial charge in [0.1, 0.15) is 5.15 Å². The van der Waals surface area contributed by atoms with Crippen LogP contribution in [0.2, 0.25) is 5.15 Å². The van der Waals surface area contributed by atoms with Gasteiger partial charge in [0.05, 0.1) is 0 Å². The van der Waals surface area contributed by atoms with Gasteiger partial charge in [-0.25, -0.2) is 8.96 Å². The van der Waals surface area contributed by atoms with Crippen molar-refractivity contribution in [2.75, 3.05) is 0 Å². The van der Waals surface area contributed by atoms with E-state index in [1.165, 1.54) is 3.97 Å². The summed E-state index contributed by atoms with van der Waals surface area (Å²) in [5.74, 6) is 0. The molecule has 2 rings (SSSR count). The molecule has 0 fully saturated rings. The summed E-state index contributed by atoms with van der Waals surface area (Å²) in [6.45, 7) is 0. The summed E-state index contributed by atoms with van der Waals surface area (Å²) in [6, 6.07) is 5.26. The number of rotatable bonds is 1. The van der Waals surface area contributed by atoms with E-state index >= 15 is 0 Å². The van der Waals surface area contributed by atoms with E-state index in [-0.39, 0.29) is 12.3 Å². The van der Waals surface area contributed by atoms with Crippen molar-refractivity contribution in [3.8, 4) is 0 Å². The normalized spacial score (nSPS) is 10.8. The highest BCUT2D eigenvalue weighted by Crippen LogP contribution is 2.21. The number of hydrogen-bond acceptors (Lipinski definition) is 2. The highest BCUT2D eigenvalue weighted by Gasteiger charge is 2.02. The van der Waals surface area contributed by atoms with Crippen LogP contribution < -0.4 is 0 Å². The maximum atomic E-state index is 12.2. The van der Waals surface area contributed by atoms with Crippen molar-refractivity contribution in [3.05, 3.63) is 29.5 Å². The van der Waals surface area contributed by atoms with Gasteiger partial charge in [-0.2, -0.15) is 0 Å². The number of aromatic nitrogens is 2. The Hall–Kier alpha value is -0.740. The monoisotopic (exact) mass is 202 g/mol. The average molecular weight is 203 g/mol. The fourth-order valence-electron chi connectivity index (χ4n) is 1.02. The summed E-state index contributed by atoms with van der Waals surface area (Å²) >= 11 is 5.76. The number of fused-ring (bicyclic) bond motifs is 1. The van der Waals surface area contributed by atoms with Crippen LogP contribution in [0.25, 0.3) is 11.0 Å². The first kappa shape index (κ1) is 7.89. The molecule has 0 spiro atoms. The number of halogens is 2. The molecule has 0 aromatic carbocycles. The van der Waals surface area contributed by atoms with E-state index in [0.717, 1.165) is 5.39 Å². The molecule has 0 aliphatic carbocycles. The third-order valence-corrected chi connectivity index (χ3v) is 2.20. The number of pyridine rings is 1. The van der Waals surface area contributed by atoms with Crippen LogP contribution in [0.5, 0.6) is 0 Å². The lowest BCUT2D eigenvalue weighted by atomic mass is 10.3. The minimum absolute atomic E-state index is 0.109. The van der Waals surface area contributed by atoms with E-state index in [1.54, 1.807) is 24.4 Å². The fourth-order valence-corrected chi connectivity index (χ4v) is 1.48. The predicted octanol–water partition coefficient (Wildman–Crippen LogP) is 3.07. The third-order valence-electron chi connectivity index (χ3n) is 1.54. The first-order chi connectivity index (χ1) is 5.81. The molecule has 0 radical (unpaired) electrons. The Balaban J connectivity index is 2.75. The minimum Gasteiger partial charge on any atom is -0.247 e. The Kier molecular flexibility index (Phi) is 1.94. The largest absolute Gasteiger partial charge is 0.247 e. The van der Waals surface area contributed by atoms with Gasteiger partial charge in [-0.15, -0.1) is 3.89 Å². The highest BCUT2D eigenvalue weighted by molar-refractivity contribution is 7.92. The SMILES string of the molecule is FSn1ccc2ccc(Cl)nc21. The number of hydrogen-bond donors (Lipinski definition) is 0. The molecule has 62 valence electrons. The second-order valence-electron chi connectivity index (χ2n) is 2.26. The lowest BCUT2D eigenvalue weighted by Crippen LogP contribution is -1.83. The summed E-state index contributed by atoms with van der Waals surface area (Å²) in [7, 11) is 0. The van der Waals surface area contributed by atoms with E-state index in [2.05, 4.69) is 4.98 Å². The molecular formula is C7H4ClFN2S. The molecule has 5 heteroatoms. The van der Waals surface area contributed by atoms with E-state index in [4.69, 9.17) is 11.6 Å². The lowest BCUT2D eigenvalue weighted by Gasteiger charge is -1.94. The zero-order valence-corrected chi connectivity index (χ0v) is 7.44. The Bertz CT molecular complexity index is 415. The quantitative estimate of drug-likeness (QED) is 0.662. The van der Waals surface area contributed by atoms with Crippen LogP contribution in [0.3, 0.4) is 0 Å². The van der Waals surface area contributed by atoms with Gasteiger partial charge in [-0.05, 0) is 18.2 Å². The van der Waals surface area contributed by atoms with Crippen LogP contribution in [0.15, 0.2) is 24.4 Å². The maximum Gasteiger partial charge on any atom is 0.171 e. The molecule has 2 aromatic rings. The van der Waals surface area contributed by atoms with E-state index in [1.807, 2.05) is 0 Å². The predicted molar refractivity (Wildman–Crippen MR) is 48.8 cm³/mol. The highest BCUT2D eigenvalue weighted by atomic mass is 35.5. The summed E-state index contributed by atoms with van der Waals surface area (Å²) in [5.41, 5.74) is 0.551. The molecule has 2 nitrogen and oxygen atoms in total. The molecule has 0 amide bonds. The van der Waals surface area contributed by atoms with Gasteiger partial charge >= 0.3 is 0 Å². The molecule has 0 atom stereocenters. The van der Waals surface area contributed by atoms with Gasteiger partial charge in [-0.3, -0.25) is 0 Å². The molecule has 0 aliphatic heterocycles. The Morgan fingerprint density at radius 1 is 1.42 bits per heavy atom. The van der Waals surface area contributed by atoms with Gasteiger partial charge in [0, 0.05) is 11.6 Å². The molecular weight excluding hydrogens is 199 g/mol. The summed E-state index contributed by atoms with van der Waals surface area (Å²) < 4.78 is 13.5. The molecule has 0 saturated carbocycles. The lowest BCUT2D eigenvalue weighted by molar-refractivity contribution is 0.919. The summed E-state index contributed by atoms with van der Waals surface area (Å²) in [6.07, 6.45) is 1.61. The van der Waals surface area contributed by atoms with Crippen molar-refractivity contribution in [3.63, 3.8) is 0 Å². The first-order valence-corrected chi connectivity index (χ1v) is 4.29.